The average molecular weight is 391 g/mol. The lowest BCUT2D eigenvalue weighted by molar-refractivity contribution is 0.417. The van der Waals surface area contributed by atoms with Gasteiger partial charge in [-0.2, -0.15) is 0 Å². The van der Waals surface area contributed by atoms with Crippen LogP contribution in [0.1, 0.15) is 19.4 Å². The van der Waals surface area contributed by atoms with Crippen molar-refractivity contribution in [3.05, 3.63) is 54.1 Å². The van der Waals surface area contributed by atoms with Crippen LogP contribution in [0.4, 0.5) is 5.69 Å². The van der Waals surface area contributed by atoms with Gasteiger partial charge in [0.15, 0.2) is 5.96 Å². The van der Waals surface area contributed by atoms with Crippen LogP contribution in [0.15, 0.2) is 58.4 Å². The summed E-state index contributed by atoms with van der Waals surface area (Å²) in [6.45, 7) is 4.63. The Morgan fingerprint density at radius 2 is 1.81 bits per heavy atom. The van der Waals surface area contributed by atoms with E-state index in [0.29, 0.717) is 18.8 Å². The van der Waals surface area contributed by atoms with Crippen molar-refractivity contribution >= 4 is 21.7 Å². The zero-order valence-corrected chi connectivity index (χ0v) is 16.6. The van der Waals surface area contributed by atoms with Crippen molar-refractivity contribution in [2.75, 3.05) is 19.0 Å². The topological polar surface area (TPSA) is 106 Å². The minimum Gasteiger partial charge on any atom is -0.495 e. The molecule has 0 heterocycles. The van der Waals surface area contributed by atoms with E-state index in [2.05, 4.69) is 15.0 Å². The summed E-state index contributed by atoms with van der Waals surface area (Å²) in [7, 11) is -1.91. The highest BCUT2D eigenvalue weighted by Gasteiger charge is 2.13. The number of hydrogen-bond acceptors (Lipinski definition) is 4. The van der Waals surface area contributed by atoms with Crippen molar-refractivity contribution in [2.45, 2.75) is 25.3 Å². The van der Waals surface area contributed by atoms with Gasteiger partial charge in [-0.1, -0.05) is 38.1 Å². The SMILES string of the molecule is COc1ccccc1NC(N)=NCc1ccc(S(=O)(=O)NCC(C)C)cc1. The maximum atomic E-state index is 12.2. The van der Waals surface area contributed by atoms with E-state index < -0.39 is 10.0 Å². The zero-order chi connectivity index (χ0) is 19.9. The monoisotopic (exact) mass is 390 g/mol. The van der Waals surface area contributed by atoms with Crippen LogP contribution < -0.4 is 20.5 Å². The molecule has 0 atom stereocenters. The van der Waals surface area contributed by atoms with Gasteiger partial charge in [-0.15, -0.1) is 0 Å². The lowest BCUT2D eigenvalue weighted by Gasteiger charge is -2.10. The Kier molecular flexibility index (Phi) is 7.20. The first kappa shape index (κ1) is 20.7. The molecule has 27 heavy (non-hydrogen) atoms. The van der Waals surface area contributed by atoms with Gasteiger partial charge in [-0.3, -0.25) is 0 Å². The number of nitrogens with one attached hydrogen (secondary N) is 2. The van der Waals surface area contributed by atoms with Crippen LogP contribution in [0.2, 0.25) is 0 Å². The summed E-state index contributed by atoms with van der Waals surface area (Å²) in [5, 5.41) is 2.99. The maximum Gasteiger partial charge on any atom is 0.240 e. The molecular weight excluding hydrogens is 364 g/mol. The lowest BCUT2D eigenvalue weighted by atomic mass is 10.2. The first-order valence-corrected chi connectivity index (χ1v) is 10.1. The van der Waals surface area contributed by atoms with Crippen LogP contribution in [-0.4, -0.2) is 28.0 Å². The van der Waals surface area contributed by atoms with Gasteiger partial charge in [0.05, 0.1) is 24.2 Å². The number of hydrogen-bond donors (Lipinski definition) is 3. The molecule has 0 aromatic heterocycles. The first-order valence-electron chi connectivity index (χ1n) is 8.60. The van der Waals surface area contributed by atoms with Crippen LogP contribution in [0, 0.1) is 5.92 Å². The van der Waals surface area contributed by atoms with Crippen LogP contribution in [0.3, 0.4) is 0 Å². The molecule has 0 amide bonds. The highest BCUT2D eigenvalue weighted by atomic mass is 32.2. The van der Waals surface area contributed by atoms with Crippen molar-refractivity contribution in [3.63, 3.8) is 0 Å². The molecule has 0 unspecified atom stereocenters. The highest BCUT2D eigenvalue weighted by Crippen LogP contribution is 2.22. The number of nitrogens with two attached hydrogens (primary N) is 1. The second kappa shape index (κ2) is 9.38. The predicted molar refractivity (Wildman–Crippen MR) is 108 cm³/mol. The molecule has 0 spiro atoms. The maximum absolute atomic E-state index is 12.2. The van der Waals surface area contributed by atoms with Gasteiger partial charge in [0.1, 0.15) is 5.75 Å². The molecule has 0 fully saturated rings. The molecule has 7 nitrogen and oxygen atoms in total. The Labute approximate surface area is 160 Å². The molecule has 2 aromatic rings. The number of anilines is 1. The third kappa shape index (κ3) is 6.26. The average Bonchev–Trinajstić information content (AvgIpc) is 2.65. The molecule has 2 rings (SSSR count). The van der Waals surface area contributed by atoms with Crippen molar-refractivity contribution in [3.8, 4) is 5.75 Å². The van der Waals surface area contributed by atoms with E-state index in [-0.39, 0.29) is 16.8 Å². The van der Waals surface area contributed by atoms with Crippen LogP contribution in [0.5, 0.6) is 5.75 Å². The third-order valence-electron chi connectivity index (χ3n) is 3.72. The molecule has 0 saturated heterocycles. The fraction of sp³-hybridized carbons (Fsp3) is 0.316. The van der Waals surface area contributed by atoms with E-state index in [1.165, 1.54) is 0 Å². The molecule has 0 bridgehead atoms. The van der Waals surface area contributed by atoms with Gasteiger partial charge in [0.2, 0.25) is 10.0 Å². The fourth-order valence-corrected chi connectivity index (χ4v) is 3.45. The van der Waals surface area contributed by atoms with E-state index in [1.807, 2.05) is 38.1 Å². The van der Waals surface area contributed by atoms with E-state index in [0.717, 1.165) is 11.3 Å². The lowest BCUT2D eigenvalue weighted by Crippen LogP contribution is -2.27. The van der Waals surface area contributed by atoms with E-state index in [9.17, 15) is 8.42 Å². The molecule has 146 valence electrons. The normalized spacial score (nSPS) is 12.2. The summed E-state index contributed by atoms with van der Waals surface area (Å²) in [6, 6.07) is 14.0. The number of methoxy groups -OCH3 is 1. The van der Waals surface area contributed by atoms with Crippen LogP contribution >= 0.6 is 0 Å². The number of para-hydroxylation sites is 2. The summed E-state index contributed by atoms with van der Waals surface area (Å²) in [6.07, 6.45) is 0. The Balaban J connectivity index is 2.00. The van der Waals surface area contributed by atoms with E-state index >= 15 is 0 Å². The number of sulfonamides is 1. The summed E-state index contributed by atoms with van der Waals surface area (Å²) in [5.74, 6) is 1.15. The molecule has 8 heteroatoms. The van der Waals surface area contributed by atoms with Crippen molar-refractivity contribution in [1.29, 1.82) is 0 Å². The van der Waals surface area contributed by atoms with Gasteiger partial charge in [-0.05, 0) is 35.7 Å². The number of aliphatic imine (C=N–C) groups is 1. The highest BCUT2D eigenvalue weighted by molar-refractivity contribution is 7.89. The number of nitrogens with zero attached hydrogens (tertiary/aromatic N) is 1. The van der Waals surface area contributed by atoms with Gasteiger partial charge in [0.25, 0.3) is 0 Å². The first-order chi connectivity index (χ1) is 12.8. The Morgan fingerprint density at radius 3 is 2.44 bits per heavy atom. The van der Waals surface area contributed by atoms with Crippen molar-refractivity contribution < 1.29 is 13.2 Å². The summed E-state index contributed by atoms with van der Waals surface area (Å²) < 4.78 is 32.2. The standard InChI is InChI=1S/C19H26N4O3S/c1-14(2)12-22-27(24,25)16-10-8-15(9-11-16)13-21-19(20)23-17-6-4-5-7-18(17)26-3/h4-11,14,22H,12-13H2,1-3H3,(H3,20,21,23). The zero-order valence-electron chi connectivity index (χ0n) is 15.8. The van der Waals surface area contributed by atoms with Crippen LogP contribution in [0.25, 0.3) is 0 Å². The minimum absolute atomic E-state index is 0.232. The molecule has 0 radical (unpaired) electrons. The van der Waals surface area contributed by atoms with Crippen molar-refractivity contribution in [2.24, 2.45) is 16.6 Å². The second-order valence-corrected chi connectivity index (χ2v) is 8.18. The number of benzene rings is 2. The quantitative estimate of drug-likeness (QED) is 0.474. The second-order valence-electron chi connectivity index (χ2n) is 6.42. The predicted octanol–water partition coefficient (Wildman–Crippen LogP) is 2.56. The number of guanidine groups is 1. The molecule has 4 N–H and O–H groups in total. The Bertz CT molecular complexity index is 878. The van der Waals surface area contributed by atoms with E-state index in [4.69, 9.17) is 10.5 Å². The summed E-state index contributed by atoms with van der Waals surface area (Å²) in [4.78, 5) is 4.51. The fourth-order valence-electron chi connectivity index (χ4n) is 2.24. The Hall–Kier alpha value is -2.58. The van der Waals surface area contributed by atoms with Gasteiger partial charge in [-0.25, -0.2) is 18.1 Å². The Morgan fingerprint density at radius 1 is 1.15 bits per heavy atom. The number of rotatable bonds is 8. The summed E-state index contributed by atoms with van der Waals surface area (Å²) in [5.41, 5.74) is 7.49. The van der Waals surface area contributed by atoms with Crippen molar-refractivity contribution in [1.82, 2.24) is 4.72 Å². The van der Waals surface area contributed by atoms with E-state index in [1.54, 1.807) is 31.4 Å². The van der Waals surface area contributed by atoms with Gasteiger partial charge in [0, 0.05) is 6.54 Å². The summed E-state index contributed by atoms with van der Waals surface area (Å²) >= 11 is 0. The molecule has 2 aromatic carbocycles. The van der Waals surface area contributed by atoms with Gasteiger partial charge < -0.3 is 15.8 Å². The molecule has 0 saturated carbocycles. The molecule has 0 aliphatic rings. The molecule has 0 aliphatic carbocycles. The van der Waals surface area contributed by atoms with Crippen LogP contribution in [-0.2, 0) is 16.6 Å². The third-order valence-corrected chi connectivity index (χ3v) is 5.16. The minimum atomic E-state index is -3.49. The largest absolute Gasteiger partial charge is 0.495 e. The molecule has 0 aliphatic heterocycles. The smallest absolute Gasteiger partial charge is 0.240 e. The van der Waals surface area contributed by atoms with Gasteiger partial charge >= 0.3 is 0 Å². The number of ether oxygens (including phenoxy) is 1. The molecular formula is C19H26N4O3S.